The Morgan fingerprint density at radius 3 is 2.60 bits per heavy atom. The summed E-state index contributed by atoms with van der Waals surface area (Å²) in [6, 6.07) is 17.8. The highest BCUT2D eigenvalue weighted by Crippen LogP contribution is 2.35. The summed E-state index contributed by atoms with van der Waals surface area (Å²) >= 11 is 0. The van der Waals surface area contributed by atoms with Crippen LogP contribution in [0.5, 0.6) is 0 Å². The first-order valence-corrected chi connectivity index (χ1v) is 11.3. The Kier molecular flexibility index (Phi) is 5.64. The highest BCUT2D eigenvalue weighted by molar-refractivity contribution is 6.07. The van der Waals surface area contributed by atoms with Gasteiger partial charge >= 0.3 is 11.9 Å². The van der Waals surface area contributed by atoms with Gasteiger partial charge < -0.3 is 14.4 Å². The second-order valence-corrected chi connectivity index (χ2v) is 8.47. The minimum atomic E-state index is -2.00. The molecule has 0 aliphatic carbocycles. The number of fused-ring (bicyclic) bond motifs is 2. The number of carbonyl (C=O) groups is 4. The summed E-state index contributed by atoms with van der Waals surface area (Å²) < 4.78 is 10.9. The predicted molar refractivity (Wildman–Crippen MR) is 125 cm³/mol. The molecular formula is C27H22N2O6. The molecule has 0 saturated heterocycles. The molecule has 0 bridgehead atoms. The van der Waals surface area contributed by atoms with Gasteiger partial charge in [-0.3, -0.25) is 14.6 Å². The molecule has 176 valence electrons. The van der Waals surface area contributed by atoms with Crippen LogP contribution in [0.2, 0.25) is 0 Å². The third kappa shape index (κ3) is 3.77. The van der Waals surface area contributed by atoms with Crippen molar-refractivity contribution in [3.63, 3.8) is 0 Å². The van der Waals surface area contributed by atoms with E-state index in [1.165, 1.54) is 12.1 Å². The second kappa shape index (κ2) is 8.79. The van der Waals surface area contributed by atoms with E-state index in [1.54, 1.807) is 30.0 Å². The molecule has 1 aromatic heterocycles. The van der Waals surface area contributed by atoms with Crippen LogP contribution >= 0.6 is 0 Å². The minimum absolute atomic E-state index is 0.000303. The molecule has 3 heterocycles. The van der Waals surface area contributed by atoms with E-state index < -0.39 is 23.4 Å². The molecule has 35 heavy (non-hydrogen) atoms. The number of ether oxygens (including phenoxy) is 2. The van der Waals surface area contributed by atoms with E-state index in [-0.39, 0.29) is 36.3 Å². The van der Waals surface area contributed by atoms with Gasteiger partial charge in [0.15, 0.2) is 6.29 Å². The summed E-state index contributed by atoms with van der Waals surface area (Å²) in [5, 5.41) is 0.970. The number of rotatable bonds is 5. The zero-order valence-electron chi connectivity index (χ0n) is 19.0. The molecule has 1 unspecified atom stereocenters. The van der Waals surface area contributed by atoms with Crippen LogP contribution in [0.15, 0.2) is 71.8 Å². The van der Waals surface area contributed by atoms with Crippen molar-refractivity contribution in [2.75, 3.05) is 6.61 Å². The SMILES string of the molecule is CCC1(OC(=O)c2ccccc2)C(=O)OCC(C(=O)N2Cc3cc4ccccc4nc3C2)=C1C=O. The molecule has 3 aromatic rings. The van der Waals surface area contributed by atoms with Crippen molar-refractivity contribution in [3.05, 3.63) is 88.6 Å². The molecule has 0 N–H and O–H groups in total. The molecule has 0 spiro atoms. The molecule has 2 aliphatic heterocycles. The monoisotopic (exact) mass is 470 g/mol. The van der Waals surface area contributed by atoms with Crippen LogP contribution in [0, 0.1) is 0 Å². The van der Waals surface area contributed by atoms with Crippen LogP contribution < -0.4 is 0 Å². The van der Waals surface area contributed by atoms with Crippen LogP contribution in [-0.4, -0.2) is 46.2 Å². The summed E-state index contributed by atoms with van der Waals surface area (Å²) in [7, 11) is 0. The van der Waals surface area contributed by atoms with Crippen molar-refractivity contribution >= 4 is 35.0 Å². The topological polar surface area (TPSA) is 103 Å². The summed E-state index contributed by atoms with van der Waals surface area (Å²) in [6.45, 7) is 1.78. The van der Waals surface area contributed by atoms with Crippen LogP contribution in [0.1, 0.15) is 35.0 Å². The fourth-order valence-electron chi connectivity index (χ4n) is 4.57. The number of nitrogens with zero attached hydrogens (tertiary/aromatic N) is 2. The minimum Gasteiger partial charge on any atom is -0.457 e. The first-order valence-electron chi connectivity index (χ1n) is 11.3. The molecule has 0 radical (unpaired) electrons. The number of hydrogen-bond acceptors (Lipinski definition) is 7. The highest BCUT2D eigenvalue weighted by atomic mass is 16.6. The summed E-state index contributed by atoms with van der Waals surface area (Å²) in [4.78, 5) is 57.7. The van der Waals surface area contributed by atoms with Crippen molar-refractivity contribution < 1.29 is 28.7 Å². The van der Waals surface area contributed by atoms with Gasteiger partial charge in [-0.05, 0) is 36.2 Å². The maximum absolute atomic E-state index is 13.5. The van der Waals surface area contributed by atoms with Crippen LogP contribution in [0.4, 0.5) is 0 Å². The lowest BCUT2D eigenvalue weighted by Gasteiger charge is -2.35. The zero-order valence-corrected chi connectivity index (χ0v) is 19.0. The van der Waals surface area contributed by atoms with Crippen molar-refractivity contribution in [3.8, 4) is 0 Å². The third-order valence-corrected chi connectivity index (χ3v) is 6.47. The van der Waals surface area contributed by atoms with Crippen molar-refractivity contribution in [2.45, 2.75) is 32.0 Å². The van der Waals surface area contributed by atoms with E-state index in [9.17, 15) is 19.2 Å². The number of para-hydroxylation sites is 1. The Bertz CT molecular complexity index is 1350. The standard InChI is InChI=1S/C27H22N2O6/c1-2-27(35-25(32)17-8-4-3-5-9-17)21(15-30)20(16-34-26(27)33)24(31)29-13-19-12-18-10-6-7-11-22(18)28-23(19)14-29/h3-12,15H,2,13-14,16H2,1H3. The highest BCUT2D eigenvalue weighted by Gasteiger charge is 2.52. The molecule has 2 aromatic carbocycles. The molecule has 5 rings (SSSR count). The van der Waals surface area contributed by atoms with Gasteiger partial charge in [0.05, 0.1) is 34.5 Å². The lowest BCUT2D eigenvalue weighted by atomic mass is 9.85. The first kappa shape index (κ1) is 22.5. The van der Waals surface area contributed by atoms with Gasteiger partial charge in [0.25, 0.3) is 5.91 Å². The Labute approximate surface area is 201 Å². The van der Waals surface area contributed by atoms with Gasteiger partial charge in [-0.1, -0.05) is 43.3 Å². The number of pyridine rings is 1. The quantitative estimate of drug-likeness (QED) is 0.417. The van der Waals surface area contributed by atoms with Gasteiger partial charge in [-0.25, -0.2) is 9.59 Å². The molecule has 0 fully saturated rings. The number of aromatic nitrogens is 1. The Hall–Kier alpha value is -4.33. The Morgan fingerprint density at radius 2 is 1.86 bits per heavy atom. The van der Waals surface area contributed by atoms with Crippen molar-refractivity contribution in [1.29, 1.82) is 0 Å². The van der Waals surface area contributed by atoms with E-state index in [2.05, 4.69) is 4.98 Å². The number of carbonyl (C=O) groups excluding carboxylic acids is 4. The molecule has 8 nitrogen and oxygen atoms in total. The number of cyclic esters (lactones) is 1. The molecule has 1 amide bonds. The number of amides is 1. The Balaban J connectivity index is 1.48. The number of hydrogen-bond donors (Lipinski definition) is 0. The van der Waals surface area contributed by atoms with Gasteiger partial charge in [0.2, 0.25) is 5.60 Å². The third-order valence-electron chi connectivity index (χ3n) is 6.47. The maximum atomic E-state index is 13.5. The van der Waals surface area contributed by atoms with Crippen molar-refractivity contribution in [2.24, 2.45) is 0 Å². The van der Waals surface area contributed by atoms with Gasteiger partial charge in [-0.15, -0.1) is 0 Å². The molecule has 0 saturated carbocycles. The van der Waals surface area contributed by atoms with Crippen LogP contribution in [-0.2, 0) is 36.9 Å². The maximum Gasteiger partial charge on any atom is 0.355 e. The number of esters is 2. The lowest BCUT2D eigenvalue weighted by molar-refractivity contribution is -0.165. The number of benzene rings is 2. The summed E-state index contributed by atoms with van der Waals surface area (Å²) in [6.07, 6.45) is 0.355. The number of aldehydes is 1. The fraction of sp³-hybridized carbons (Fsp3) is 0.222. The summed E-state index contributed by atoms with van der Waals surface area (Å²) in [5.74, 6) is -2.13. The van der Waals surface area contributed by atoms with Gasteiger partial charge in [0.1, 0.15) is 6.61 Å². The molecule has 1 atom stereocenters. The van der Waals surface area contributed by atoms with Crippen molar-refractivity contribution in [1.82, 2.24) is 9.88 Å². The molecular weight excluding hydrogens is 448 g/mol. The van der Waals surface area contributed by atoms with Gasteiger partial charge in [-0.2, -0.15) is 0 Å². The average molecular weight is 470 g/mol. The van der Waals surface area contributed by atoms with E-state index in [4.69, 9.17) is 9.47 Å². The fourth-order valence-corrected chi connectivity index (χ4v) is 4.57. The van der Waals surface area contributed by atoms with E-state index in [0.29, 0.717) is 12.8 Å². The second-order valence-electron chi connectivity index (χ2n) is 8.47. The van der Waals surface area contributed by atoms with E-state index in [0.717, 1.165) is 22.2 Å². The van der Waals surface area contributed by atoms with E-state index in [1.807, 2.05) is 30.3 Å². The largest absolute Gasteiger partial charge is 0.457 e. The normalized spacial score (nSPS) is 19.3. The smallest absolute Gasteiger partial charge is 0.355 e. The predicted octanol–water partition coefficient (Wildman–Crippen LogP) is 3.14. The molecule has 2 aliphatic rings. The molecule has 8 heteroatoms. The van der Waals surface area contributed by atoms with Gasteiger partial charge in [0, 0.05) is 11.9 Å². The van der Waals surface area contributed by atoms with E-state index >= 15 is 0 Å². The summed E-state index contributed by atoms with van der Waals surface area (Å²) in [5.41, 5.74) is 0.546. The van der Waals surface area contributed by atoms with Crippen LogP contribution in [0.3, 0.4) is 0 Å². The zero-order chi connectivity index (χ0) is 24.6. The average Bonchev–Trinajstić information content (AvgIpc) is 3.31. The van der Waals surface area contributed by atoms with Crippen LogP contribution in [0.25, 0.3) is 10.9 Å². The lowest BCUT2D eigenvalue weighted by Crippen LogP contribution is -2.51. The Morgan fingerprint density at radius 1 is 1.11 bits per heavy atom. The first-order chi connectivity index (χ1) is 17.0.